The van der Waals surface area contributed by atoms with Gasteiger partial charge in [-0.15, -0.1) is 23.5 Å². The highest BCUT2D eigenvalue weighted by molar-refractivity contribution is 7.99. The van der Waals surface area contributed by atoms with E-state index in [1.165, 1.54) is 43.2 Å². The first kappa shape index (κ1) is 41.0. The Morgan fingerprint density at radius 3 is 1.29 bits per heavy atom. The molecule has 0 aromatic heterocycles. The van der Waals surface area contributed by atoms with Crippen molar-refractivity contribution in [3.05, 3.63) is 178 Å². The van der Waals surface area contributed by atoms with E-state index in [0.717, 1.165) is 46.4 Å². The Hall–Kier alpha value is -5.15. The molecule has 0 fully saturated rings. The third-order valence-corrected chi connectivity index (χ3v) is 14.6. The maximum Gasteiger partial charge on any atom is 0.150 e. The van der Waals surface area contributed by atoms with Crippen molar-refractivity contribution < 1.29 is 28.8 Å². The molecule has 0 amide bonds. The number of aliphatic hydroxyl groups excluding tert-OH is 1. The van der Waals surface area contributed by atoms with Crippen molar-refractivity contribution in [1.82, 2.24) is 0 Å². The van der Waals surface area contributed by atoms with E-state index in [4.69, 9.17) is 18.9 Å². The number of ether oxygens (including phenoxy) is 4. The van der Waals surface area contributed by atoms with E-state index in [-0.39, 0.29) is 29.3 Å². The lowest BCUT2D eigenvalue weighted by Crippen LogP contribution is -2.36. The second kappa shape index (κ2) is 17.8. The number of carbonyl (C=O) groups is 1. The number of thioether (sulfide) groups is 2. The first-order valence-corrected chi connectivity index (χ1v) is 21.3. The minimum atomic E-state index is -0.110. The number of aliphatic hydroxyl groups is 1. The van der Waals surface area contributed by atoms with Gasteiger partial charge in [-0.3, -0.25) is 4.79 Å². The summed E-state index contributed by atoms with van der Waals surface area (Å²) < 4.78 is 21.6. The van der Waals surface area contributed by atoms with Crippen molar-refractivity contribution in [2.45, 2.75) is 52.9 Å². The van der Waals surface area contributed by atoms with Crippen LogP contribution in [0.4, 0.5) is 0 Å². The van der Waals surface area contributed by atoms with E-state index in [0.29, 0.717) is 5.56 Å². The molecule has 4 atom stereocenters. The average Bonchev–Trinajstić information content (AvgIpc) is 3.29. The predicted octanol–water partition coefficient (Wildman–Crippen LogP) is 11.1. The van der Waals surface area contributed by atoms with Crippen LogP contribution in [0, 0.1) is 0 Å². The Labute approximate surface area is 350 Å². The molecule has 6 aromatic carbocycles. The van der Waals surface area contributed by atoms with Crippen LogP contribution in [0.1, 0.15) is 75.0 Å². The molecule has 0 unspecified atom stereocenters. The van der Waals surface area contributed by atoms with Gasteiger partial charge in [0.05, 0.1) is 35.0 Å². The summed E-state index contributed by atoms with van der Waals surface area (Å²) in [6.45, 7) is 4.73. The van der Waals surface area contributed by atoms with Crippen LogP contribution < -0.4 is 18.9 Å². The van der Waals surface area contributed by atoms with Crippen molar-refractivity contribution >= 4 is 29.8 Å². The fourth-order valence-electron chi connectivity index (χ4n) is 8.44. The summed E-state index contributed by atoms with van der Waals surface area (Å²) in [4.78, 5) is 13.7. The highest BCUT2D eigenvalue weighted by atomic mass is 32.2. The molecule has 0 saturated heterocycles. The number of carbonyl (C=O) groups excluding carboxylic acids is 1. The van der Waals surface area contributed by atoms with Gasteiger partial charge in [-0.2, -0.15) is 0 Å². The summed E-state index contributed by atoms with van der Waals surface area (Å²) >= 11 is 3.75. The maximum absolute atomic E-state index is 11.1. The smallest absolute Gasteiger partial charge is 0.150 e. The van der Waals surface area contributed by atoms with Gasteiger partial charge in [-0.05, 0) is 87.5 Å². The summed E-state index contributed by atoms with van der Waals surface area (Å²) in [6.07, 6.45) is 0.891. The summed E-state index contributed by atoms with van der Waals surface area (Å²) in [5, 5.41) is 9.46. The highest BCUT2D eigenvalue weighted by Gasteiger charge is 2.44. The van der Waals surface area contributed by atoms with Gasteiger partial charge in [0.25, 0.3) is 0 Å². The van der Waals surface area contributed by atoms with Crippen molar-refractivity contribution in [2.24, 2.45) is 0 Å². The number of benzene rings is 6. The fourth-order valence-corrected chi connectivity index (χ4v) is 11.1. The van der Waals surface area contributed by atoms with Gasteiger partial charge >= 0.3 is 0 Å². The normalized spacial score (nSPS) is 20.7. The van der Waals surface area contributed by atoms with Gasteiger partial charge in [-0.25, -0.2) is 0 Å². The molecule has 2 aliphatic rings. The summed E-state index contributed by atoms with van der Waals surface area (Å²) in [5.41, 5.74) is 9.07. The summed E-state index contributed by atoms with van der Waals surface area (Å²) in [7, 11) is 6.80. The molecule has 8 rings (SSSR count). The van der Waals surface area contributed by atoms with E-state index in [1.807, 2.05) is 84.2 Å². The molecule has 6 nitrogen and oxygen atoms in total. The van der Waals surface area contributed by atoms with Crippen LogP contribution >= 0.6 is 23.5 Å². The molecule has 2 aliphatic heterocycles. The number of hydrogen-bond acceptors (Lipinski definition) is 8. The fraction of sp³-hybridized carbons (Fsp3) is 0.260. The molecule has 0 spiro atoms. The lowest BCUT2D eigenvalue weighted by molar-refractivity contribution is 0.112. The summed E-state index contributed by atoms with van der Waals surface area (Å²) in [6, 6.07) is 45.9. The minimum Gasteiger partial charge on any atom is -0.497 e. The van der Waals surface area contributed by atoms with Crippen molar-refractivity contribution in [2.75, 3.05) is 39.9 Å². The van der Waals surface area contributed by atoms with Crippen LogP contribution in [0.25, 0.3) is 0 Å². The number of rotatable bonds is 10. The molecular formula is C50H50O6S2. The predicted molar refractivity (Wildman–Crippen MR) is 236 cm³/mol. The standard InChI is InChI=1S/C25H26O3S.C25H24O3S/c2*1-25(19-8-10-20(27-2)11-9-19)16-29-23-14-21(28-3)12-13-22(23)24(25)18-6-4-17(15-26)5-7-18/h4-14,24,26H,15-16H2,1-3H3;4-15,24H,16H2,1-3H3/t2*24-,25-/m11/s1. The van der Waals surface area contributed by atoms with Crippen molar-refractivity contribution in [1.29, 1.82) is 0 Å². The molecule has 0 saturated carbocycles. The van der Waals surface area contributed by atoms with E-state index in [9.17, 15) is 9.90 Å². The van der Waals surface area contributed by atoms with E-state index >= 15 is 0 Å². The Morgan fingerprint density at radius 1 is 0.552 bits per heavy atom. The van der Waals surface area contributed by atoms with Crippen molar-refractivity contribution in [3.8, 4) is 23.0 Å². The first-order valence-electron chi connectivity index (χ1n) is 19.3. The number of aldehydes is 1. The van der Waals surface area contributed by atoms with E-state index in [1.54, 1.807) is 28.4 Å². The van der Waals surface area contributed by atoms with Crippen LogP contribution in [0.15, 0.2) is 143 Å². The van der Waals surface area contributed by atoms with Crippen LogP contribution in [-0.2, 0) is 17.4 Å². The summed E-state index contributed by atoms with van der Waals surface area (Å²) in [5.74, 6) is 5.76. The van der Waals surface area contributed by atoms with Gasteiger partial charge in [0.15, 0.2) is 0 Å². The molecular weight excluding hydrogens is 761 g/mol. The zero-order valence-corrected chi connectivity index (χ0v) is 35.5. The molecule has 1 N–H and O–H groups in total. The Balaban J connectivity index is 0.000000177. The quantitative estimate of drug-likeness (QED) is 0.137. The monoisotopic (exact) mass is 810 g/mol. The van der Waals surface area contributed by atoms with Crippen LogP contribution in [0.2, 0.25) is 0 Å². The molecule has 6 aromatic rings. The Kier molecular flexibility index (Phi) is 12.6. The molecule has 8 heteroatoms. The highest BCUT2D eigenvalue weighted by Crippen LogP contribution is 2.55. The third kappa shape index (κ3) is 8.11. The van der Waals surface area contributed by atoms with Crippen LogP contribution in [0.5, 0.6) is 23.0 Å². The third-order valence-electron chi connectivity index (χ3n) is 11.8. The Bertz CT molecular complexity index is 2330. The molecule has 0 bridgehead atoms. The van der Waals surface area contributed by atoms with Crippen molar-refractivity contribution in [3.63, 3.8) is 0 Å². The SMILES string of the molecule is COc1ccc([C@@]2(C)CSc3cc(OC)ccc3[C@H]2c2ccc(C=O)cc2)cc1.COc1ccc([C@@]2(C)CSc3cc(OC)ccc3[C@H]2c2ccc(CO)cc2)cc1. The van der Waals surface area contributed by atoms with Gasteiger partial charge in [0, 0.05) is 49.5 Å². The number of fused-ring (bicyclic) bond motifs is 2. The molecule has 58 heavy (non-hydrogen) atoms. The molecule has 0 radical (unpaired) electrons. The van der Waals surface area contributed by atoms with Gasteiger partial charge in [0.2, 0.25) is 0 Å². The minimum absolute atomic E-state index is 0.0599. The van der Waals surface area contributed by atoms with E-state index < -0.39 is 0 Å². The molecule has 0 aliphatic carbocycles. The Morgan fingerprint density at radius 2 is 0.931 bits per heavy atom. The first-order chi connectivity index (χ1) is 28.2. The number of methoxy groups -OCH3 is 4. The lowest BCUT2D eigenvalue weighted by Gasteiger charge is -2.43. The molecule has 298 valence electrons. The van der Waals surface area contributed by atoms with Gasteiger partial charge in [0.1, 0.15) is 29.3 Å². The molecule has 2 heterocycles. The van der Waals surface area contributed by atoms with Gasteiger partial charge in [-0.1, -0.05) is 98.8 Å². The van der Waals surface area contributed by atoms with Crippen LogP contribution in [0.3, 0.4) is 0 Å². The zero-order valence-electron chi connectivity index (χ0n) is 33.9. The largest absolute Gasteiger partial charge is 0.497 e. The second-order valence-electron chi connectivity index (χ2n) is 15.2. The second-order valence-corrected chi connectivity index (χ2v) is 17.3. The van der Waals surface area contributed by atoms with Gasteiger partial charge < -0.3 is 24.1 Å². The lowest BCUT2D eigenvalue weighted by atomic mass is 9.67. The topological polar surface area (TPSA) is 74.2 Å². The maximum atomic E-state index is 11.1. The number of hydrogen-bond donors (Lipinski definition) is 1. The zero-order chi connectivity index (χ0) is 40.9. The average molecular weight is 811 g/mol. The van der Waals surface area contributed by atoms with Crippen LogP contribution in [-0.4, -0.2) is 51.3 Å². The van der Waals surface area contributed by atoms with E-state index in [2.05, 4.69) is 86.6 Å².